The number of ether oxygens (including phenoxy) is 2. The number of nitrogens with one attached hydrogen (secondary N) is 1. The lowest BCUT2D eigenvalue weighted by Crippen LogP contribution is -2.49. The van der Waals surface area contributed by atoms with Crippen LogP contribution in [0, 0.1) is 6.92 Å². The summed E-state index contributed by atoms with van der Waals surface area (Å²) in [5, 5.41) is 2.74. The van der Waals surface area contributed by atoms with Crippen LogP contribution in [0.15, 0.2) is 48.5 Å². The molecule has 31 heavy (non-hydrogen) atoms. The summed E-state index contributed by atoms with van der Waals surface area (Å²) in [6.45, 7) is 3.96. The van der Waals surface area contributed by atoms with Crippen molar-refractivity contribution in [3.8, 4) is 5.75 Å². The highest BCUT2D eigenvalue weighted by Gasteiger charge is 2.44. The van der Waals surface area contributed by atoms with Gasteiger partial charge in [-0.25, -0.2) is 0 Å². The number of benzene rings is 2. The topological polar surface area (TPSA) is 84.9 Å². The molecule has 3 rings (SSSR count). The van der Waals surface area contributed by atoms with Gasteiger partial charge in [0.2, 0.25) is 5.91 Å². The number of piperidine rings is 1. The normalized spacial score (nSPS) is 15.1. The van der Waals surface area contributed by atoms with E-state index < -0.39 is 23.9 Å². The quantitative estimate of drug-likeness (QED) is 0.721. The zero-order valence-electron chi connectivity index (χ0n) is 18.1. The van der Waals surface area contributed by atoms with Gasteiger partial charge < -0.3 is 19.7 Å². The number of likely N-dealkylation sites (tertiary alicyclic amines) is 1. The standard InChI is InChI=1S/C24H28N2O5/c1-17-9-10-21(30-3)20(15-17)25-22(28)16-31-23(29)24(19-7-5-4-6-8-19)11-13-26(14-12-24)18(2)27/h4-10,15H,11-14,16H2,1-3H3,(H,25,28). The predicted octanol–water partition coefficient (Wildman–Crippen LogP) is 3.07. The number of anilines is 1. The van der Waals surface area contributed by atoms with Gasteiger partial charge in [0.1, 0.15) is 5.75 Å². The molecule has 0 bridgehead atoms. The van der Waals surface area contributed by atoms with Gasteiger partial charge in [-0.15, -0.1) is 0 Å². The third-order valence-corrected chi connectivity index (χ3v) is 5.74. The molecule has 164 valence electrons. The average Bonchev–Trinajstić information content (AvgIpc) is 2.78. The van der Waals surface area contributed by atoms with Crippen LogP contribution in [-0.4, -0.2) is 49.5 Å². The zero-order valence-corrected chi connectivity index (χ0v) is 18.1. The fourth-order valence-electron chi connectivity index (χ4n) is 3.95. The number of esters is 1. The van der Waals surface area contributed by atoms with Gasteiger partial charge in [-0.05, 0) is 43.0 Å². The van der Waals surface area contributed by atoms with Crippen LogP contribution in [0.25, 0.3) is 0 Å². The molecule has 2 amide bonds. The lowest BCUT2D eigenvalue weighted by Gasteiger charge is -2.40. The SMILES string of the molecule is COc1ccc(C)cc1NC(=O)COC(=O)C1(c2ccccc2)CCN(C(C)=O)CC1. The van der Waals surface area contributed by atoms with Crippen LogP contribution in [0.2, 0.25) is 0 Å². The second-order valence-electron chi connectivity index (χ2n) is 7.78. The molecule has 1 aliphatic heterocycles. The Balaban J connectivity index is 1.71. The van der Waals surface area contributed by atoms with Crippen molar-refractivity contribution in [1.82, 2.24) is 4.90 Å². The number of nitrogens with zero attached hydrogens (tertiary/aromatic N) is 1. The van der Waals surface area contributed by atoms with Crippen molar-refractivity contribution in [2.45, 2.75) is 32.1 Å². The number of carbonyl (C=O) groups excluding carboxylic acids is 3. The second kappa shape index (κ2) is 9.64. The van der Waals surface area contributed by atoms with Crippen LogP contribution in [-0.2, 0) is 24.5 Å². The van der Waals surface area contributed by atoms with Crippen LogP contribution >= 0.6 is 0 Å². The van der Waals surface area contributed by atoms with Crippen molar-refractivity contribution < 1.29 is 23.9 Å². The van der Waals surface area contributed by atoms with E-state index in [0.717, 1.165) is 11.1 Å². The predicted molar refractivity (Wildman–Crippen MR) is 117 cm³/mol. The molecule has 1 N–H and O–H groups in total. The van der Waals surface area contributed by atoms with Gasteiger partial charge in [0.05, 0.1) is 18.2 Å². The van der Waals surface area contributed by atoms with E-state index in [1.807, 2.05) is 43.3 Å². The van der Waals surface area contributed by atoms with Crippen molar-refractivity contribution >= 4 is 23.5 Å². The molecule has 2 aromatic carbocycles. The summed E-state index contributed by atoms with van der Waals surface area (Å²) >= 11 is 0. The van der Waals surface area contributed by atoms with Crippen LogP contribution < -0.4 is 10.1 Å². The van der Waals surface area contributed by atoms with Crippen molar-refractivity contribution in [2.24, 2.45) is 0 Å². The Hall–Kier alpha value is -3.35. The van der Waals surface area contributed by atoms with Crippen molar-refractivity contribution in [3.63, 3.8) is 0 Å². The maximum absolute atomic E-state index is 13.2. The molecular formula is C24H28N2O5. The fraction of sp³-hybridized carbons (Fsp3) is 0.375. The molecule has 1 saturated heterocycles. The van der Waals surface area contributed by atoms with E-state index in [1.54, 1.807) is 17.0 Å². The summed E-state index contributed by atoms with van der Waals surface area (Å²) in [5.74, 6) is -0.376. The number of aryl methyl sites for hydroxylation is 1. The first-order valence-corrected chi connectivity index (χ1v) is 10.3. The molecule has 0 unspecified atom stereocenters. The Kier molecular flexibility index (Phi) is 6.95. The van der Waals surface area contributed by atoms with E-state index in [4.69, 9.17) is 9.47 Å². The Morgan fingerprint density at radius 3 is 2.35 bits per heavy atom. The molecule has 2 aromatic rings. The smallest absolute Gasteiger partial charge is 0.317 e. The molecule has 0 spiro atoms. The van der Waals surface area contributed by atoms with Crippen molar-refractivity contribution in [2.75, 3.05) is 32.1 Å². The lowest BCUT2D eigenvalue weighted by molar-refractivity contribution is -0.156. The lowest BCUT2D eigenvalue weighted by atomic mass is 9.72. The molecule has 0 atom stereocenters. The summed E-state index contributed by atoms with van der Waals surface area (Å²) in [7, 11) is 1.53. The van der Waals surface area contributed by atoms with Gasteiger partial charge in [-0.2, -0.15) is 0 Å². The van der Waals surface area contributed by atoms with Gasteiger partial charge >= 0.3 is 5.97 Å². The minimum atomic E-state index is -0.880. The monoisotopic (exact) mass is 424 g/mol. The Morgan fingerprint density at radius 1 is 1.06 bits per heavy atom. The third kappa shape index (κ3) is 5.05. The van der Waals surface area contributed by atoms with Crippen LogP contribution in [0.1, 0.15) is 30.9 Å². The molecule has 1 heterocycles. The van der Waals surface area contributed by atoms with Gasteiger partial charge in [0, 0.05) is 20.0 Å². The molecule has 0 radical (unpaired) electrons. The van der Waals surface area contributed by atoms with E-state index in [-0.39, 0.29) is 5.91 Å². The van der Waals surface area contributed by atoms with Crippen LogP contribution in [0.3, 0.4) is 0 Å². The molecule has 0 aliphatic carbocycles. The first-order chi connectivity index (χ1) is 14.9. The number of carbonyl (C=O) groups is 3. The number of rotatable bonds is 6. The summed E-state index contributed by atoms with van der Waals surface area (Å²) in [5.41, 5.74) is 1.45. The van der Waals surface area contributed by atoms with Crippen molar-refractivity contribution in [1.29, 1.82) is 0 Å². The Labute approximate surface area is 182 Å². The second-order valence-corrected chi connectivity index (χ2v) is 7.78. The summed E-state index contributed by atoms with van der Waals surface area (Å²) in [6.07, 6.45) is 0.894. The Bertz CT molecular complexity index is 950. The van der Waals surface area contributed by atoms with Gasteiger partial charge in [-0.3, -0.25) is 14.4 Å². The number of amides is 2. The highest BCUT2D eigenvalue weighted by molar-refractivity contribution is 5.95. The van der Waals surface area contributed by atoms with E-state index in [9.17, 15) is 14.4 Å². The van der Waals surface area contributed by atoms with E-state index >= 15 is 0 Å². The van der Waals surface area contributed by atoms with E-state index in [0.29, 0.717) is 37.4 Å². The molecular weight excluding hydrogens is 396 g/mol. The number of hydrogen-bond acceptors (Lipinski definition) is 5. The van der Waals surface area contributed by atoms with Crippen LogP contribution in [0.4, 0.5) is 5.69 Å². The first-order valence-electron chi connectivity index (χ1n) is 10.3. The molecule has 1 aliphatic rings. The highest BCUT2D eigenvalue weighted by Crippen LogP contribution is 2.37. The largest absolute Gasteiger partial charge is 0.495 e. The summed E-state index contributed by atoms with van der Waals surface area (Å²) in [6, 6.07) is 14.9. The minimum Gasteiger partial charge on any atom is -0.495 e. The number of hydrogen-bond donors (Lipinski definition) is 1. The van der Waals surface area contributed by atoms with Gasteiger partial charge in [0.25, 0.3) is 5.91 Å². The third-order valence-electron chi connectivity index (χ3n) is 5.74. The Morgan fingerprint density at radius 2 is 1.74 bits per heavy atom. The van der Waals surface area contributed by atoms with E-state index in [1.165, 1.54) is 14.0 Å². The molecule has 1 fully saturated rings. The molecule has 0 aromatic heterocycles. The first kappa shape index (κ1) is 22.3. The maximum Gasteiger partial charge on any atom is 0.317 e. The number of methoxy groups -OCH3 is 1. The maximum atomic E-state index is 13.2. The molecule has 7 heteroatoms. The zero-order chi connectivity index (χ0) is 22.4. The van der Waals surface area contributed by atoms with Gasteiger partial charge in [-0.1, -0.05) is 36.4 Å². The highest BCUT2D eigenvalue weighted by atomic mass is 16.5. The van der Waals surface area contributed by atoms with Gasteiger partial charge in [0.15, 0.2) is 6.61 Å². The summed E-state index contributed by atoms with van der Waals surface area (Å²) < 4.78 is 10.7. The minimum absolute atomic E-state index is 0.0125. The average molecular weight is 424 g/mol. The van der Waals surface area contributed by atoms with Crippen molar-refractivity contribution in [3.05, 3.63) is 59.7 Å². The van der Waals surface area contributed by atoms with E-state index in [2.05, 4.69) is 5.32 Å². The molecule has 7 nitrogen and oxygen atoms in total. The summed E-state index contributed by atoms with van der Waals surface area (Å²) in [4.78, 5) is 39.1. The molecule has 0 saturated carbocycles. The fourth-order valence-corrected chi connectivity index (χ4v) is 3.95. The van der Waals surface area contributed by atoms with Crippen LogP contribution in [0.5, 0.6) is 5.75 Å².